The fourth-order valence-electron chi connectivity index (χ4n) is 4.33. The van der Waals surface area contributed by atoms with Crippen LogP contribution in [0.1, 0.15) is 19.3 Å². The molecule has 0 aromatic heterocycles. The monoisotopic (exact) mass is 341 g/mol. The van der Waals surface area contributed by atoms with E-state index in [-0.39, 0.29) is 12.3 Å². The van der Waals surface area contributed by atoms with Crippen LogP contribution in [0.4, 0.5) is 0 Å². The maximum absolute atomic E-state index is 11.1. The van der Waals surface area contributed by atoms with Gasteiger partial charge in [0.1, 0.15) is 0 Å². The van der Waals surface area contributed by atoms with Gasteiger partial charge in [0, 0.05) is 52.4 Å². The number of hydrogen-bond donors (Lipinski definition) is 3. The first-order valence-electron chi connectivity index (χ1n) is 9.65. The smallest absolute Gasteiger partial charge is 0.0903 e. The molecule has 0 aromatic rings. The number of ether oxygens (including phenoxy) is 1. The van der Waals surface area contributed by atoms with E-state index in [1.165, 1.54) is 12.8 Å². The molecule has 0 amide bonds. The fourth-order valence-corrected chi connectivity index (χ4v) is 4.33. The number of nitrogens with zero attached hydrogens (tertiary/aromatic N) is 3. The van der Waals surface area contributed by atoms with Crippen molar-refractivity contribution in [2.24, 2.45) is 0 Å². The van der Waals surface area contributed by atoms with Gasteiger partial charge in [-0.25, -0.2) is 0 Å². The lowest BCUT2D eigenvalue weighted by atomic mass is 10.1. The second kappa shape index (κ2) is 9.43. The number of morpholine rings is 1. The minimum atomic E-state index is -0.306. The van der Waals surface area contributed by atoms with Crippen LogP contribution in [-0.4, -0.2) is 111 Å². The molecule has 3 rings (SSSR count). The molecule has 3 N–H and O–H groups in total. The van der Waals surface area contributed by atoms with Crippen molar-refractivity contribution in [3.63, 3.8) is 0 Å². The average Bonchev–Trinajstić information content (AvgIpc) is 3.10. The van der Waals surface area contributed by atoms with E-state index >= 15 is 0 Å². The molecule has 7 heteroatoms. The van der Waals surface area contributed by atoms with Crippen LogP contribution in [0.3, 0.4) is 0 Å². The Kier molecular flexibility index (Phi) is 7.27. The van der Waals surface area contributed by atoms with E-state index in [4.69, 9.17) is 4.74 Å². The van der Waals surface area contributed by atoms with Crippen molar-refractivity contribution in [3.8, 4) is 0 Å². The highest BCUT2D eigenvalue weighted by atomic mass is 16.5. The molecule has 0 spiro atoms. The van der Waals surface area contributed by atoms with Gasteiger partial charge in [-0.05, 0) is 26.3 Å². The van der Waals surface area contributed by atoms with Crippen molar-refractivity contribution in [1.29, 1.82) is 0 Å². The zero-order valence-electron chi connectivity index (χ0n) is 15.1. The first-order valence-corrected chi connectivity index (χ1v) is 9.65. The summed E-state index contributed by atoms with van der Waals surface area (Å²) in [5.41, 5.74) is 0. The molecule has 0 aromatic carbocycles. The van der Waals surface area contributed by atoms with Gasteiger partial charge < -0.3 is 20.5 Å². The topological polar surface area (TPSA) is 63.2 Å². The van der Waals surface area contributed by atoms with Crippen molar-refractivity contribution in [2.45, 2.75) is 37.7 Å². The van der Waals surface area contributed by atoms with Gasteiger partial charge in [0.25, 0.3) is 0 Å². The van der Waals surface area contributed by atoms with Crippen LogP contribution < -0.4 is 10.6 Å². The van der Waals surface area contributed by atoms with Crippen molar-refractivity contribution >= 4 is 0 Å². The van der Waals surface area contributed by atoms with Crippen molar-refractivity contribution in [3.05, 3.63) is 0 Å². The second-order valence-corrected chi connectivity index (χ2v) is 7.19. The Bertz CT molecular complexity index is 361. The third kappa shape index (κ3) is 4.66. The predicted octanol–water partition coefficient (Wildman–Crippen LogP) is -1.06. The number of aliphatic hydroxyl groups excluding tert-OH is 1. The maximum Gasteiger partial charge on any atom is 0.0903 e. The van der Waals surface area contributed by atoms with Gasteiger partial charge in [0.15, 0.2) is 0 Å². The first kappa shape index (κ1) is 18.5. The van der Waals surface area contributed by atoms with Crippen molar-refractivity contribution in [2.75, 3.05) is 72.6 Å². The number of hydrogen-bond acceptors (Lipinski definition) is 7. The van der Waals surface area contributed by atoms with Crippen LogP contribution in [0.5, 0.6) is 0 Å². The van der Waals surface area contributed by atoms with Crippen LogP contribution in [-0.2, 0) is 4.74 Å². The quantitative estimate of drug-likeness (QED) is 0.546. The van der Waals surface area contributed by atoms with Gasteiger partial charge in [-0.1, -0.05) is 0 Å². The lowest BCUT2D eigenvalue weighted by Gasteiger charge is -2.45. The zero-order chi connectivity index (χ0) is 16.8. The molecule has 0 saturated carbocycles. The summed E-state index contributed by atoms with van der Waals surface area (Å²) in [7, 11) is 2.04. The standard InChI is InChI=1S/C17H35N5O2/c1-18-16-3-2-7-22(16)17(21-9-5-19-6-10-21)15(23)4-8-20-11-13-24-14-12-20/h15-19,23H,2-14H2,1H3. The molecule has 7 nitrogen and oxygen atoms in total. The maximum atomic E-state index is 11.1. The van der Waals surface area contributed by atoms with Gasteiger partial charge in [-0.3, -0.25) is 14.7 Å². The summed E-state index contributed by atoms with van der Waals surface area (Å²) in [5.74, 6) is 0. The minimum absolute atomic E-state index is 0.132. The third-order valence-electron chi connectivity index (χ3n) is 5.68. The Hall–Kier alpha value is -0.280. The molecular formula is C17H35N5O2. The third-order valence-corrected chi connectivity index (χ3v) is 5.68. The largest absolute Gasteiger partial charge is 0.390 e. The SMILES string of the molecule is CNC1CCCN1C(C(O)CCN1CCOCC1)N1CCNCC1. The van der Waals surface area contributed by atoms with Crippen LogP contribution >= 0.6 is 0 Å². The second-order valence-electron chi connectivity index (χ2n) is 7.19. The minimum Gasteiger partial charge on any atom is -0.390 e. The average molecular weight is 342 g/mol. The highest BCUT2D eigenvalue weighted by Gasteiger charge is 2.38. The Labute approximate surface area is 146 Å². The molecular weight excluding hydrogens is 306 g/mol. The highest BCUT2D eigenvalue weighted by Crippen LogP contribution is 2.24. The van der Waals surface area contributed by atoms with Crippen LogP contribution in [0.15, 0.2) is 0 Å². The van der Waals surface area contributed by atoms with Crippen LogP contribution in [0, 0.1) is 0 Å². The number of rotatable bonds is 7. The van der Waals surface area contributed by atoms with Crippen LogP contribution in [0.25, 0.3) is 0 Å². The van der Waals surface area contributed by atoms with E-state index in [0.717, 1.165) is 72.0 Å². The van der Waals surface area contributed by atoms with E-state index < -0.39 is 0 Å². The number of aliphatic hydroxyl groups is 1. The first-order chi connectivity index (χ1) is 11.8. The number of likely N-dealkylation sites (tertiary alicyclic amines) is 1. The molecule has 3 heterocycles. The molecule has 24 heavy (non-hydrogen) atoms. The van der Waals surface area contributed by atoms with E-state index in [1.54, 1.807) is 0 Å². The number of nitrogens with one attached hydrogen (secondary N) is 2. The van der Waals surface area contributed by atoms with Crippen molar-refractivity contribution in [1.82, 2.24) is 25.3 Å². The zero-order valence-corrected chi connectivity index (χ0v) is 15.1. The van der Waals surface area contributed by atoms with Gasteiger partial charge in [0.2, 0.25) is 0 Å². The number of piperazine rings is 1. The molecule has 3 saturated heterocycles. The van der Waals surface area contributed by atoms with E-state index in [1.807, 2.05) is 7.05 Å². The van der Waals surface area contributed by atoms with E-state index in [0.29, 0.717) is 6.17 Å². The summed E-state index contributed by atoms with van der Waals surface area (Å²) in [6, 6.07) is 0. The predicted molar refractivity (Wildman–Crippen MR) is 94.9 cm³/mol. The fraction of sp³-hybridized carbons (Fsp3) is 1.00. The Morgan fingerprint density at radius 3 is 2.62 bits per heavy atom. The molecule has 0 bridgehead atoms. The molecule has 3 atom stereocenters. The molecule has 3 aliphatic heterocycles. The molecule has 3 unspecified atom stereocenters. The van der Waals surface area contributed by atoms with Gasteiger partial charge in [0.05, 0.1) is 31.6 Å². The molecule has 3 fully saturated rings. The lowest BCUT2D eigenvalue weighted by Crippen LogP contribution is -2.62. The summed E-state index contributed by atoms with van der Waals surface area (Å²) in [6.07, 6.45) is 3.44. The normalized spacial score (nSPS) is 30.5. The van der Waals surface area contributed by atoms with Gasteiger partial charge in [-0.2, -0.15) is 0 Å². The van der Waals surface area contributed by atoms with Crippen molar-refractivity contribution < 1.29 is 9.84 Å². The summed E-state index contributed by atoms with van der Waals surface area (Å²) < 4.78 is 5.42. The Morgan fingerprint density at radius 2 is 1.92 bits per heavy atom. The Morgan fingerprint density at radius 1 is 1.17 bits per heavy atom. The van der Waals surface area contributed by atoms with Gasteiger partial charge >= 0.3 is 0 Å². The van der Waals surface area contributed by atoms with E-state index in [9.17, 15) is 5.11 Å². The molecule has 0 radical (unpaired) electrons. The molecule has 140 valence electrons. The summed E-state index contributed by atoms with van der Waals surface area (Å²) in [5, 5.41) is 17.9. The molecule has 0 aliphatic carbocycles. The van der Waals surface area contributed by atoms with E-state index in [2.05, 4.69) is 25.3 Å². The lowest BCUT2D eigenvalue weighted by molar-refractivity contribution is -0.0687. The molecule has 3 aliphatic rings. The highest BCUT2D eigenvalue weighted by molar-refractivity contribution is 4.89. The van der Waals surface area contributed by atoms with Crippen LogP contribution in [0.2, 0.25) is 0 Å². The Balaban J connectivity index is 1.61. The van der Waals surface area contributed by atoms with Gasteiger partial charge in [-0.15, -0.1) is 0 Å². The summed E-state index contributed by atoms with van der Waals surface area (Å²) in [4.78, 5) is 7.40. The summed E-state index contributed by atoms with van der Waals surface area (Å²) in [6.45, 7) is 9.76. The summed E-state index contributed by atoms with van der Waals surface area (Å²) >= 11 is 0.